The van der Waals surface area contributed by atoms with Crippen LogP contribution >= 0.6 is 0 Å². The Labute approximate surface area is 64.4 Å². The summed E-state index contributed by atoms with van der Waals surface area (Å²) in [6, 6.07) is 0. The van der Waals surface area contributed by atoms with E-state index in [0.717, 1.165) is 0 Å². The lowest BCUT2D eigenvalue weighted by Crippen LogP contribution is -2.25. The van der Waals surface area contributed by atoms with Crippen molar-refractivity contribution < 1.29 is 19.0 Å². The summed E-state index contributed by atoms with van der Waals surface area (Å²) in [5.74, 6) is -0.298. The van der Waals surface area contributed by atoms with Crippen LogP contribution in [-0.2, 0) is 19.0 Å². The van der Waals surface area contributed by atoms with Crippen LogP contribution in [0.3, 0.4) is 0 Å². The molecule has 4 unspecified atom stereocenters. The second kappa shape index (κ2) is 2.19. The van der Waals surface area contributed by atoms with Gasteiger partial charge in [0.1, 0.15) is 12.2 Å². The van der Waals surface area contributed by atoms with E-state index in [2.05, 4.69) is 0 Å². The van der Waals surface area contributed by atoms with E-state index in [1.807, 2.05) is 6.92 Å². The molecule has 0 saturated carbocycles. The Kier molecular flexibility index (Phi) is 1.40. The molecular weight excluding hydrogens is 148 g/mol. The summed E-state index contributed by atoms with van der Waals surface area (Å²) in [6.45, 7) is 3.48. The first kappa shape index (κ1) is 7.06. The van der Waals surface area contributed by atoms with Crippen LogP contribution in [-0.4, -0.2) is 30.6 Å². The number of epoxide rings is 1. The van der Waals surface area contributed by atoms with Crippen LogP contribution in [0.2, 0.25) is 0 Å². The van der Waals surface area contributed by atoms with Gasteiger partial charge in [-0.15, -0.1) is 0 Å². The Bertz CT molecular complexity index is 191. The Morgan fingerprint density at radius 1 is 1.27 bits per heavy atom. The van der Waals surface area contributed by atoms with Gasteiger partial charge in [-0.1, -0.05) is 0 Å². The van der Waals surface area contributed by atoms with Crippen molar-refractivity contribution in [1.29, 1.82) is 0 Å². The highest BCUT2D eigenvalue weighted by atomic mass is 16.8. The third kappa shape index (κ3) is 1.12. The number of ether oxygens (including phenoxy) is 3. The van der Waals surface area contributed by atoms with Crippen molar-refractivity contribution in [3.63, 3.8) is 0 Å². The Morgan fingerprint density at radius 2 is 2.00 bits per heavy atom. The largest absolute Gasteiger partial charge is 0.458 e. The average Bonchev–Trinajstić information content (AvgIpc) is 2.66. The summed E-state index contributed by atoms with van der Waals surface area (Å²) in [6.07, 6.45) is -0.914. The normalized spacial score (nSPS) is 49.1. The van der Waals surface area contributed by atoms with E-state index in [1.54, 1.807) is 6.92 Å². The highest BCUT2D eigenvalue weighted by Gasteiger charge is 2.50. The molecule has 4 heteroatoms. The fourth-order valence-corrected chi connectivity index (χ4v) is 1.15. The van der Waals surface area contributed by atoms with Crippen LogP contribution in [0, 0.1) is 0 Å². The Morgan fingerprint density at radius 3 is 2.73 bits per heavy atom. The standard InChI is InChI=1S/C7H10O4/c1-3-5-7(11-5)10-4(2)6(8)9-3/h3-5,7H,1-2H3. The Balaban J connectivity index is 2.08. The van der Waals surface area contributed by atoms with Gasteiger partial charge in [0.2, 0.25) is 0 Å². The maximum atomic E-state index is 11.0. The summed E-state index contributed by atoms with van der Waals surface area (Å²) in [7, 11) is 0. The number of fused-ring (bicyclic) bond motifs is 1. The highest BCUT2D eigenvalue weighted by Crippen LogP contribution is 2.32. The summed E-state index contributed by atoms with van der Waals surface area (Å²) in [5.41, 5.74) is 0. The molecule has 0 radical (unpaired) electrons. The number of rotatable bonds is 0. The topological polar surface area (TPSA) is 48.1 Å². The van der Waals surface area contributed by atoms with E-state index >= 15 is 0 Å². The van der Waals surface area contributed by atoms with E-state index in [-0.39, 0.29) is 24.5 Å². The lowest BCUT2D eigenvalue weighted by Gasteiger charge is -2.10. The van der Waals surface area contributed by atoms with Crippen molar-refractivity contribution in [3.05, 3.63) is 0 Å². The van der Waals surface area contributed by atoms with Crippen molar-refractivity contribution in [2.45, 2.75) is 38.4 Å². The van der Waals surface area contributed by atoms with Crippen molar-refractivity contribution in [1.82, 2.24) is 0 Å². The second-order valence-electron chi connectivity index (χ2n) is 2.89. The van der Waals surface area contributed by atoms with Gasteiger partial charge in [0.05, 0.1) is 0 Å². The van der Waals surface area contributed by atoms with Gasteiger partial charge < -0.3 is 14.2 Å². The van der Waals surface area contributed by atoms with E-state index in [9.17, 15) is 4.79 Å². The number of carbonyl (C=O) groups excluding carboxylic acids is 1. The fourth-order valence-electron chi connectivity index (χ4n) is 1.15. The molecule has 2 saturated heterocycles. The number of hydrogen-bond donors (Lipinski definition) is 0. The molecule has 2 aliphatic rings. The lowest BCUT2D eigenvalue weighted by atomic mass is 10.3. The molecule has 11 heavy (non-hydrogen) atoms. The predicted molar refractivity (Wildman–Crippen MR) is 34.8 cm³/mol. The molecule has 4 nitrogen and oxygen atoms in total. The molecule has 0 amide bonds. The molecule has 0 N–H and O–H groups in total. The molecule has 0 aliphatic carbocycles. The quantitative estimate of drug-likeness (QED) is 0.369. The zero-order chi connectivity index (χ0) is 8.01. The van der Waals surface area contributed by atoms with Gasteiger partial charge in [-0.2, -0.15) is 0 Å². The van der Waals surface area contributed by atoms with Gasteiger partial charge in [-0.3, -0.25) is 0 Å². The van der Waals surface area contributed by atoms with Crippen molar-refractivity contribution in [2.24, 2.45) is 0 Å². The van der Waals surface area contributed by atoms with Gasteiger partial charge >= 0.3 is 5.97 Å². The minimum atomic E-state index is -0.491. The van der Waals surface area contributed by atoms with Crippen molar-refractivity contribution >= 4 is 5.97 Å². The summed E-state index contributed by atoms with van der Waals surface area (Å²) >= 11 is 0. The molecule has 2 aliphatic heterocycles. The molecule has 2 rings (SSSR count). The van der Waals surface area contributed by atoms with Crippen LogP contribution in [0.5, 0.6) is 0 Å². The van der Waals surface area contributed by atoms with Crippen LogP contribution in [0.4, 0.5) is 0 Å². The molecule has 0 aromatic rings. The molecule has 0 aromatic carbocycles. The number of carbonyl (C=O) groups is 1. The van der Waals surface area contributed by atoms with Crippen LogP contribution in [0.1, 0.15) is 13.8 Å². The van der Waals surface area contributed by atoms with E-state index in [0.29, 0.717) is 0 Å². The zero-order valence-corrected chi connectivity index (χ0v) is 6.44. The maximum Gasteiger partial charge on any atom is 0.335 e. The van der Waals surface area contributed by atoms with Crippen LogP contribution in [0.25, 0.3) is 0 Å². The van der Waals surface area contributed by atoms with Gasteiger partial charge in [-0.05, 0) is 13.8 Å². The summed E-state index contributed by atoms with van der Waals surface area (Å²) in [5, 5.41) is 0. The molecule has 62 valence electrons. The minimum Gasteiger partial charge on any atom is -0.458 e. The molecule has 0 bridgehead atoms. The zero-order valence-electron chi connectivity index (χ0n) is 6.44. The van der Waals surface area contributed by atoms with Gasteiger partial charge in [0.15, 0.2) is 12.4 Å². The third-order valence-corrected chi connectivity index (χ3v) is 1.92. The predicted octanol–water partition coefficient (Wildman–Crippen LogP) is 0.0617. The number of hydrogen-bond acceptors (Lipinski definition) is 4. The molecule has 0 aromatic heterocycles. The summed E-state index contributed by atoms with van der Waals surface area (Å²) < 4.78 is 15.2. The van der Waals surface area contributed by atoms with Crippen molar-refractivity contribution in [2.75, 3.05) is 0 Å². The summed E-state index contributed by atoms with van der Waals surface area (Å²) in [4.78, 5) is 11.0. The van der Waals surface area contributed by atoms with Crippen LogP contribution in [0.15, 0.2) is 0 Å². The smallest absolute Gasteiger partial charge is 0.335 e. The monoisotopic (exact) mass is 158 g/mol. The third-order valence-electron chi connectivity index (χ3n) is 1.92. The molecular formula is C7H10O4. The van der Waals surface area contributed by atoms with Crippen LogP contribution < -0.4 is 0 Å². The minimum absolute atomic E-state index is 0.0381. The molecule has 4 atom stereocenters. The first-order chi connectivity index (χ1) is 5.18. The fraction of sp³-hybridized carbons (Fsp3) is 0.857. The maximum absolute atomic E-state index is 11.0. The van der Waals surface area contributed by atoms with E-state index in [4.69, 9.17) is 14.2 Å². The molecule has 0 spiro atoms. The molecule has 2 heterocycles. The lowest BCUT2D eigenvalue weighted by molar-refractivity contribution is -0.162. The Hall–Kier alpha value is -0.610. The molecule has 2 fully saturated rings. The highest BCUT2D eigenvalue weighted by molar-refractivity contribution is 5.74. The first-order valence-electron chi connectivity index (χ1n) is 3.70. The van der Waals surface area contributed by atoms with Crippen molar-refractivity contribution in [3.8, 4) is 0 Å². The van der Waals surface area contributed by atoms with Gasteiger partial charge in [0, 0.05) is 0 Å². The van der Waals surface area contributed by atoms with Gasteiger partial charge in [-0.25, -0.2) is 4.79 Å². The number of esters is 1. The number of cyclic esters (lactones) is 1. The second-order valence-corrected chi connectivity index (χ2v) is 2.89. The first-order valence-corrected chi connectivity index (χ1v) is 3.70. The van der Waals surface area contributed by atoms with Gasteiger partial charge in [0.25, 0.3) is 0 Å². The van der Waals surface area contributed by atoms with E-state index in [1.165, 1.54) is 0 Å². The SMILES string of the molecule is CC1OC2OC2C(C)OC1=O. The van der Waals surface area contributed by atoms with E-state index < -0.39 is 6.10 Å². The average molecular weight is 158 g/mol.